The van der Waals surface area contributed by atoms with Crippen molar-refractivity contribution in [2.45, 2.75) is 38.5 Å². The van der Waals surface area contributed by atoms with Gasteiger partial charge in [0.2, 0.25) is 5.91 Å². The van der Waals surface area contributed by atoms with Gasteiger partial charge >= 0.3 is 12.6 Å². The Bertz CT molecular complexity index is 812. The Labute approximate surface area is 160 Å². The number of urea groups is 1. The van der Waals surface area contributed by atoms with E-state index in [2.05, 4.69) is 20.7 Å². The largest absolute Gasteiger partial charge is 0.467 e. The van der Waals surface area contributed by atoms with Gasteiger partial charge in [-0.15, -0.1) is 0 Å². The highest BCUT2D eigenvalue weighted by Crippen LogP contribution is 2.32. The van der Waals surface area contributed by atoms with Crippen LogP contribution in [0.15, 0.2) is 41.0 Å². The topological polar surface area (TPSA) is 92.6 Å². The molecule has 0 unspecified atom stereocenters. The molecule has 0 saturated carbocycles. The molecule has 28 heavy (non-hydrogen) atoms. The second-order valence-corrected chi connectivity index (χ2v) is 6.37. The van der Waals surface area contributed by atoms with Crippen molar-refractivity contribution in [1.29, 1.82) is 0 Å². The van der Waals surface area contributed by atoms with E-state index in [4.69, 9.17) is 4.42 Å². The van der Waals surface area contributed by atoms with Crippen LogP contribution in [0, 0.1) is 0 Å². The van der Waals surface area contributed by atoms with Crippen LogP contribution < -0.4 is 20.7 Å². The molecule has 0 bridgehead atoms. The number of hydrogen-bond acceptors (Lipinski definition) is 4. The van der Waals surface area contributed by atoms with Crippen LogP contribution in [0.4, 0.5) is 13.6 Å². The minimum atomic E-state index is -2.87. The first-order valence-corrected chi connectivity index (χ1v) is 8.92. The number of hydrogen-bond donors (Lipinski definition) is 3. The number of halogens is 2. The molecule has 0 fully saturated rings. The molecule has 150 valence electrons. The Balaban J connectivity index is 1.48. The Morgan fingerprint density at radius 2 is 2.11 bits per heavy atom. The van der Waals surface area contributed by atoms with E-state index in [0.717, 1.165) is 30.4 Å². The molecular formula is C19H21F2N3O4. The molecule has 7 nitrogen and oxygen atoms in total. The molecular weight excluding hydrogens is 372 g/mol. The molecule has 1 atom stereocenters. The third-order valence-corrected chi connectivity index (χ3v) is 4.41. The van der Waals surface area contributed by atoms with Gasteiger partial charge in [-0.05, 0) is 54.7 Å². The number of amides is 3. The van der Waals surface area contributed by atoms with Gasteiger partial charge in [0, 0.05) is 0 Å². The third-order valence-electron chi connectivity index (χ3n) is 4.41. The molecule has 0 spiro atoms. The summed E-state index contributed by atoms with van der Waals surface area (Å²) < 4.78 is 34.3. The lowest BCUT2D eigenvalue weighted by Gasteiger charge is -2.27. The molecule has 0 aliphatic heterocycles. The van der Waals surface area contributed by atoms with Gasteiger partial charge in [0.25, 0.3) is 0 Å². The monoisotopic (exact) mass is 393 g/mol. The van der Waals surface area contributed by atoms with Gasteiger partial charge in [-0.2, -0.15) is 8.78 Å². The van der Waals surface area contributed by atoms with Gasteiger partial charge < -0.3 is 25.1 Å². The molecule has 1 heterocycles. The van der Waals surface area contributed by atoms with Gasteiger partial charge in [0.05, 0.1) is 25.4 Å². The first kappa shape index (κ1) is 19.7. The highest BCUT2D eigenvalue weighted by atomic mass is 19.3. The van der Waals surface area contributed by atoms with Gasteiger partial charge in [0.1, 0.15) is 11.5 Å². The van der Waals surface area contributed by atoms with Crippen molar-refractivity contribution in [3.63, 3.8) is 0 Å². The van der Waals surface area contributed by atoms with E-state index in [0.29, 0.717) is 5.76 Å². The second kappa shape index (κ2) is 9.20. The van der Waals surface area contributed by atoms with Gasteiger partial charge in [-0.25, -0.2) is 4.79 Å². The highest BCUT2D eigenvalue weighted by Gasteiger charge is 2.23. The number of rotatable bonds is 7. The number of aryl methyl sites for hydroxylation is 1. The first-order chi connectivity index (χ1) is 13.5. The summed E-state index contributed by atoms with van der Waals surface area (Å²) >= 11 is 0. The van der Waals surface area contributed by atoms with Crippen LogP contribution in [0.1, 0.15) is 35.8 Å². The molecule has 3 N–H and O–H groups in total. The minimum absolute atomic E-state index is 0.104. The molecule has 2 aromatic rings. The van der Waals surface area contributed by atoms with Crippen molar-refractivity contribution in [3.8, 4) is 5.75 Å². The normalized spacial score (nSPS) is 15.6. The van der Waals surface area contributed by atoms with Crippen LogP contribution in [-0.4, -0.2) is 25.1 Å². The quantitative estimate of drug-likeness (QED) is 0.674. The molecule has 1 aliphatic carbocycles. The van der Waals surface area contributed by atoms with E-state index in [1.807, 2.05) is 0 Å². The smallest absolute Gasteiger partial charge is 0.387 e. The summed E-state index contributed by atoms with van der Waals surface area (Å²) in [7, 11) is 0. The summed E-state index contributed by atoms with van der Waals surface area (Å²) in [6.45, 7) is -2.80. The van der Waals surface area contributed by atoms with Crippen LogP contribution >= 0.6 is 0 Å². The number of benzene rings is 1. The lowest BCUT2D eigenvalue weighted by atomic mass is 9.87. The van der Waals surface area contributed by atoms with Crippen molar-refractivity contribution < 1.29 is 27.5 Å². The van der Waals surface area contributed by atoms with Crippen molar-refractivity contribution in [3.05, 3.63) is 53.5 Å². The second-order valence-electron chi connectivity index (χ2n) is 6.37. The Morgan fingerprint density at radius 3 is 2.86 bits per heavy atom. The zero-order valence-corrected chi connectivity index (χ0v) is 15.0. The van der Waals surface area contributed by atoms with Gasteiger partial charge in [0.15, 0.2) is 0 Å². The van der Waals surface area contributed by atoms with Crippen LogP contribution in [0.25, 0.3) is 0 Å². The van der Waals surface area contributed by atoms with E-state index < -0.39 is 12.6 Å². The highest BCUT2D eigenvalue weighted by molar-refractivity contribution is 5.84. The van der Waals surface area contributed by atoms with Crippen molar-refractivity contribution >= 4 is 11.9 Å². The maximum absolute atomic E-state index is 12.4. The summed E-state index contributed by atoms with van der Waals surface area (Å²) in [5, 5.41) is 7.97. The minimum Gasteiger partial charge on any atom is -0.467 e. The Kier molecular flexibility index (Phi) is 6.46. The van der Waals surface area contributed by atoms with E-state index >= 15 is 0 Å². The molecule has 9 heteroatoms. The van der Waals surface area contributed by atoms with E-state index in [-0.39, 0.29) is 30.8 Å². The average Bonchev–Trinajstić information content (AvgIpc) is 3.18. The number of ether oxygens (including phenoxy) is 1. The zero-order chi connectivity index (χ0) is 19.9. The lowest BCUT2D eigenvalue weighted by molar-refractivity contribution is -0.120. The van der Waals surface area contributed by atoms with Crippen LogP contribution in [-0.2, 0) is 17.8 Å². The first-order valence-electron chi connectivity index (χ1n) is 8.92. The number of carbonyl (C=O) groups is 2. The van der Waals surface area contributed by atoms with Crippen LogP contribution in [0.2, 0.25) is 0 Å². The van der Waals surface area contributed by atoms with Gasteiger partial charge in [-0.1, -0.05) is 6.07 Å². The molecule has 1 aliphatic rings. The molecule has 0 radical (unpaired) electrons. The summed E-state index contributed by atoms with van der Waals surface area (Å²) in [5.41, 5.74) is 1.73. The number of carbonyl (C=O) groups excluding carboxylic acids is 2. The van der Waals surface area contributed by atoms with Crippen molar-refractivity contribution in [1.82, 2.24) is 16.0 Å². The van der Waals surface area contributed by atoms with Crippen LogP contribution in [0.5, 0.6) is 5.75 Å². The van der Waals surface area contributed by atoms with E-state index in [9.17, 15) is 18.4 Å². The number of alkyl halides is 2. The molecule has 1 aromatic heterocycles. The van der Waals surface area contributed by atoms with E-state index in [1.165, 1.54) is 12.3 Å². The summed E-state index contributed by atoms with van der Waals surface area (Å²) in [6, 6.07) is 7.46. The molecule has 3 amide bonds. The maximum Gasteiger partial charge on any atom is 0.387 e. The summed E-state index contributed by atoms with van der Waals surface area (Å²) in [6.07, 6.45) is 3.77. The maximum atomic E-state index is 12.4. The fourth-order valence-corrected chi connectivity index (χ4v) is 3.15. The summed E-state index contributed by atoms with van der Waals surface area (Å²) in [4.78, 5) is 23.9. The zero-order valence-electron chi connectivity index (χ0n) is 15.0. The van der Waals surface area contributed by atoms with E-state index in [1.54, 1.807) is 24.3 Å². The molecule has 0 saturated heterocycles. The Hall–Kier alpha value is -3.10. The Morgan fingerprint density at radius 1 is 1.25 bits per heavy atom. The third kappa shape index (κ3) is 5.45. The summed E-state index contributed by atoms with van der Waals surface area (Å²) in [5.74, 6) is 0.378. The number of fused-ring (bicyclic) bond motifs is 1. The van der Waals surface area contributed by atoms with Gasteiger partial charge in [-0.3, -0.25) is 4.79 Å². The van der Waals surface area contributed by atoms with Crippen molar-refractivity contribution in [2.24, 2.45) is 0 Å². The number of furan rings is 1. The average molecular weight is 393 g/mol. The standard InChI is InChI=1S/C19H21F2N3O4/c20-18(21)28-13-6-7-15-12(9-13)3-1-5-16(15)24-19(26)23-11-17(25)22-10-14-4-2-8-27-14/h2,4,6-9,16,18H,1,3,5,10-11H2,(H,22,25)(H2,23,24,26)/t16-/m0/s1. The van der Waals surface area contributed by atoms with Crippen molar-refractivity contribution in [2.75, 3.05) is 6.54 Å². The molecule has 1 aromatic carbocycles. The fourth-order valence-electron chi connectivity index (χ4n) is 3.15. The predicted octanol–water partition coefficient (Wildman–Crippen LogP) is 2.87. The predicted molar refractivity (Wildman–Crippen MR) is 95.8 cm³/mol. The SMILES string of the molecule is O=C(CNC(=O)N[C@H]1CCCc2cc(OC(F)F)ccc21)NCc1ccco1. The molecule has 3 rings (SSSR count). The fraction of sp³-hybridized carbons (Fsp3) is 0.368. The number of nitrogens with one attached hydrogen (secondary N) is 3. The lowest BCUT2D eigenvalue weighted by Crippen LogP contribution is -2.43. The van der Waals surface area contributed by atoms with Crippen LogP contribution in [0.3, 0.4) is 0 Å².